The van der Waals surface area contributed by atoms with Gasteiger partial charge in [-0.15, -0.1) is 10.2 Å². The van der Waals surface area contributed by atoms with Gasteiger partial charge in [-0.1, -0.05) is 12.1 Å². The average Bonchev–Trinajstić information content (AvgIpc) is 3.46. The van der Waals surface area contributed by atoms with E-state index in [1.54, 1.807) is 24.3 Å². The Balaban J connectivity index is 1.62. The van der Waals surface area contributed by atoms with Gasteiger partial charge in [0, 0.05) is 18.7 Å². The minimum Gasteiger partial charge on any atom is -0.455 e. The fraction of sp³-hybridized carbons (Fsp3) is 0.263. The molecule has 1 amide bonds. The number of nitrogens with one attached hydrogen (secondary N) is 1. The third-order valence-electron chi connectivity index (χ3n) is 4.97. The zero-order chi connectivity index (χ0) is 20.1. The molecule has 29 heavy (non-hydrogen) atoms. The number of nitrogens with zero attached hydrogens (tertiary/aromatic N) is 4. The molecular formula is C19H16FN5O4. The quantitative estimate of drug-likeness (QED) is 0.545. The Bertz CT molecular complexity index is 1210. The van der Waals surface area contributed by atoms with Gasteiger partial charge in [-0.25, -0.2) is 9.37 Å². The first-order valence-electron chi connectivity index (χ1n) is 9.06. The number of amides is 1. The van der Waals surface area contributed by atoms with Crippen LogP contribution in [0.1, 0.15) is 52.8 Å². The minimum absolute atomic E-state index is 0.0112. The van der Waals surface area contributed by atoms with E-state index in [0.717, 1.165) is 5.69 Å². The predicted octanol–water partition coefficient (Wildman–Crippen LogP) is 2.52. The van der Waals surface area contributed by atoms with E-state index >= 15 is 4.39 Å². The largest absolute Gasteiger partial charge is 0.455 e. The number of fused-ring (bicyclic) bond motifs is 2. The van der Waals surface area contributed by atoms with E-state index in [-0.39, 0.29) is 24.1 Å². The zero-order valence-electron chi connectivity index (χ0n) is 15.3. The van der Waals surface area contributed by atoms with Gasteiger partial charge in [-0.05, 0) is 19.1 Å². The summed E-state index contributed by atoms with van der Waals surface area (Å²) in [6.45, 7) is 1.72. The minimum atomic E-state index is -1.01. The van der Waals surface area contributed by atoms with Crippen molar-refractivity contribution >= 4 is 16.9 Å². The molecule has 4 heterocycles. The Morgan fingerprint density at radius 1 is 1.34 bits per heavy atom. The standard InChI is InChI=1S/C19H16FN5O4/c1-9(26)17-23-24-18(29-17)19(27)25-7-6-11-14(22-8-21-11)15(25)16-13(20)10-4-2-3-5-12(10)28-16/h2-5,8-9,15,26H,6-7H2,1H3,(H,21,22)/t9-,15-/m1/s1. The second-order valence-electron chi connectivity index (χ2n) is 6.82. The molecule has 3 aromatic heterocycles. The highest BCUT2D eigenvalue weighted by Crippen LogP contribution is 2.39. The van der Waals surface area contributed by atoms with E-state index in [1.165, 1.54) is 18.2 Å². The summed E-state index contributed by atoms with van der Waals surface area (Å²) < 4.78 is 26.3. The molecule has 1 aromatic carbocycles. The molecule has 0 spiro atoms. The Labute approximate surface area is 163 Å². The highest BCUT2D eigenvalue weighted by molar-refractivity contribution is 5.90. The van der Waals surface area contributed by atoms with Crippen LogP contribution >= 0.6 is 0 Å². The molecule has 148 valence electrons. The van der Waals surface area contributed by atoms with Crippen molar-refractivity contribution < 1.29 is 23.1 Å². The first-order valence-corrected chi connectivity index (χ1v) is 9.06. The lowest BCUT2D eigenvalue weighted by atomic mass is 9.99. The van der Waals surface area contributed by atoms with Crippen molar-refractivity contribution in [2.24, 2.45) is 0 Å². The molecule has 1 aliphatic rings. The Hall–Kier alpha value is -3.53. The maximum absolute atomic E-state index is 15.2. The summed E-state index contributed by atoms with van der Waals surface area (Å²) in [7, 11) is 0. The molecule has 0 fully saturated rings. The number of furan rings is 1. The van der Waals surface area contributed by atoms with Gasteiger partial charge in [0.2, 0.25) is 5.89 Å². The molecule has 0 bridgehead atoms. The third-order valence-corrected chi connectivity index (χ3v) is 4.97. The number of benzene rings is 1. The first-order chi connectivity index (χ1) is 14.0. The van der Waals surface area contributed by atoms with Crippen molar-refractivity contribution in [3.63, 3.8) is 0 Å². The van der Waals surface area contributed by atoms with Gasteiger partial charge in [-0.2, -0.15) is 0 Å². The summed E-state index contributed by atoms with van der Waals surface area (Å²) in [6.07, 6.45) is 0.994. The number of carbonyl (C=O) groups excluding carboxylic acids is 1. The number of aliphatic hydroxyl groups excluding tert-OH is 1. The fourth-order valence-electron chi connectivity index (χ4n) is 3.58. The molecule has 5 rings (SSSR count). The van der Waals surface area contributed by atoms with Crippen molar-refractivity contribution in [2.45, 2.75) is 25.5 Å². The molecule has 1 aliphatic heterocycles. The molecule has 4 aromatic rings. The maximum atomic E-state index is 15.2. The van der Waals surface area contributed by atoms with E-state index in [4.69, 9.17) is 8.83 Å². The number of rotatable bonds is 3. The van der Waals surface area contributed by atoms with Crippen LogP contribution in [0.15, 0.2) is 39.4 Å². The van der Waals surface area contributed by atoms with Crippen molar-refractivity contribution in [1.29, 1.82) is 0 Å². The van der Waals surface area contributed by atoms with Crippen molar-refractivity contribution in [1.82, 2.24) is 25.1 Å². The average molecular weight is 397 g/mol. The lowest BCUT2D eigenvalue weighted by Crippen LogP contribution is -2.41. The molecule has 9 nitrogen and oxygen atoms in total. The van der Waals surface area contributed by atoms with Crippen molar-refractivity contribution in [3.8, 4) is 0 Å². The highest BCUT2D eigenvalue weighted by atomic mass is 19.1. The molecule has 10 heteroatoms. The van der Waals surface area contributed by atoms with Crippen LogP contribution in [-0.2, 0) is 6.42 Å². The second-order valence-corrected chi connectivity index (χ2v) is 6.82. The lowest BCUT2D eigenvalue weighted by Gasteiger charge is -2.32. The smallest absolute Gasteiger partial charge is 0.312 e. The van der Waals surface area contributed by atoms with Crippen LogP contribution in [0.25, 0.3) is 11.0 Å². The van der Waals surface area contributed by atoms with Gasteiger partial charge >= 0.3 is 11.8 Å². The number of hydrogen-bond acceptors (Lipinski definition) is 7. The highest BCUT2D eigenvalue weighted by Gasteiger charge is 2.40. The van der Waals surface area contributed by atoms with Gasteiger partial charge in [0.25, 0.3) is 0 Å². The molecule has 2 N–H and O–H groups in total. The number of halogens is 1. The number of aromatic nitrogens is 4. The van der Waals surface area contributed by atoms with Crippen molar-refractivity contribution in [2.75, 3.05) is 6.54 Å². The van der Waals surface area contributed by atoms with Gasteiger partial charge in [0.1, 0.15) is 17.7 Å². The van der Waals surface area contributed by atoms with Gasteiger partial charge in [-0.3, -0.25) is 4.79 Å². The fourth-order valence-corrected chi connectivity index (χ4v) is 3.58. The number of hydrogen-bond donors (Lipinski definition) is 2. The normalized spacial score (nSPS) is 17.5. The Morgan fingerprint density at radius 2 is 2.17 bits per heavy atom. The predicted molar refractivity (Wildman–Crippen MR) is 96.3 cm³/mol. The Morgan fingerprint density at radius 3 is 2.93 bits per heavy atom. The van der Waals surface area contributed by atoms with Gasteiger partial charge in [0.15, 0.2) is 11.6 Å². The summed E-state index contributed by atoms with van der Waals surface area (Å²) in [5.41, 5.74) is 1.68. The lowest BCUT2D eigenvalue weighted by molar-refractivity contribution is 0.0619. The van der Waals surface area contributed by atoms with Crippen LogP contribution in [-0.4, -0.2) is 42.6 Å². The van der Waals surface area contributed by atoms with Crippen LogP contribution in [0.4, 0.5) is 4.39 Å². The first kappa shape index (κ1) is 17.6. The topological polar surface area (TPSA) is 121 Å². The van der Waals surface area contributed by atoms with E-state index in [0.29, 0.717) is 23.1 Å². The molecule has 0 aliphatic carbocycles. The van der Waals surface area contributed by atoms with Crippen LogP contribution < -0.4 is 0 Å². The molecule has 0 radical (unpaired) electrons. The summed E-state index contributed by atoms with van der Waals surface area (Å²) in [4.78, 5) is 21.8. The molecule has 0 saturated carbocycles. The number of carbonyl (C=O) groups is 1. The summed E-state index contributed by atoms with van der Waals surface area (Å²) in [5.74, 6) is -1.51. The maximum Gasteiger partial charge on any atom is 0.312 e. The van der Waals surface area contributed by atoms with Crippen LogP contribution in [0.2, 0.25) is 0 Å². The zero-order valence-corrected chi connectivity index (χ0v) is 15.3. The van der Waals surface area contributed by atoms with E-state index < -0.39 is 23.9 Å². The van der Waals surface area contributed by atoms with E-state index in [2.05, 4.69) is 20.2 Å². The molecular weight excluding hydrogens is 381 g/mol. The van der Waals surface area contributed by atoms with Crippen LogP contribution in [0.3, 0.4) is 0 Å². The monoisotopic (exact) mass is 397 g/mol. The summed E-state index contributed by atoms with van der Waals surface area (Å²) in [6, 6.07) is 5.84. The molecule has 0 saturated heterocycles. The Kier molecular flexibility index (Phi) is 3.95. The SMILES string of the molecule is C[C@@H](O)c1nnc(C(=O)N2CCc3[nH]cnc3[C@@H]2c2oc3ccccc3c2F)o1. The van der Waals surface area contributed by atoms with E-state index in [1.807, 2.05) is 0 Å². The third kappa shape index (κ3) is 2.71. The number of aromatic amines is 1. The van der Waals surface area contributed by atoms with Gasteiger partial charge in [0.05, 0.1) is 17.4 Å². The summed E-state index contributed by atoms with van der Waals surface area (Å²) >= 11 is 0. The molecule has 2 atom stereocenters. The van der Waals surface area contributed by atoms with Gasteiger partial charge < -0.3 is 23.8 Å². The van der Waals surface area contributed by atoms with Crippen molar-refractivity contribution in [3.05, 3.63) is 65.3 Å². The number of aliphatic hydroxyl groups is 1. The number of para-hydroxylation sites is 1. The number of imidazole rings is 1. The van der Waals surface area contributed by atoms with E-state index in [9.17, 15) is 9.90 Å². The molecule has 0 unspecified atom stereocenters. The summed E-state index contributed by atoms with van der Waals surface area (Å²) in [5, 5.41) is 17.3. The van der Waals surface area contributed by atoms with Crippen LogP contribution in [0, 0.1) is 5.82 Å². The second kappa shape index (κ2) is 6.52. The number of H-pyrrole nitrogens is 1. The van der Waals surface area contributed by atoms with Crippen LogP contribution in [0.5, 0.6) is 0 Å².